The van der Waals surface area contributed by atoms with Gasteiger partial charge < -0.3 is 15.1 Å². The molecule has 1 amide bonds. The highest BCUT2D eigenvalue weighted by molar-refractivity contribution is 7.05. The molecule has 2 heterocycles. The topological polar surface area (TPSA) is 61.4 Å². The quantitative estimate of drug-likeness (QED) is 0.923. The molecule has 1 N–H and O–H groups in total. The van der Waals surface area contributed by atoms with Crippen LogP contribution in [-0.2, 0) is 4.79 Å². The Morgan fingerprint density at radius 3 is 2.67 bits per heavy atom. The van der Waals surface area contributed by atoms with E-state index in [1.165, 1.54) is 17.2 Å². The molecule has 24 heavy (non-hydrogen) atoms. The first-order chi connectivity index (χ1) is 11.5. The molecule has 1 aromatic heterocycles. The van der Waals surface area contributed by atoms with E-state index in [0.717, 1.165) is 42.4 Å². The minimum Gasteiger partial charge on any atom is -0.378 e. The van der Waals surface area contributed by atoms with E-state index in [1.54, 1.807) is 6.92 Å². The van der Waals surface area contributed by atoms with Crippen molar-refractivity contribution >= 4 is 28.8 Å². The fourth-order valence-electron chi connectivity index (χ4n) is 3.02. The Bertz CT molecular complexity index is 709. The predicted molar refractivity (Wildman–Crippen MR) is 97.6 cm³/mol. The number of nitrogens with zero attached hydrogens (tertiary/aromatic N) is 4. The van der Waals surface area contributed by atoms with Gasteiger partial charge in [0.2, 0.25) is 5.91 Å². The number of nitrogens with one attached hydrogen (secondary N) is 1. The summed E-state index contributed by atoms with van der Waals surface area (Å²) in [6.45, 7) is 9.07. The smallest absolute Gasteiger partial charge is 0.219 e. The first kappa shape index (κ1) is 16.7. The van der Waals surface area contributed by atoms with Crippen molar-refractivity contribution < 1.29 is 4.79 Å². The van der Waals surface area contributed by atoms with Gasteiger partial charge in [0.25, 0.3) is 0 Å². The van der Waals surface area contributed by atoms with Gasteiger partial charge in [0.1, 0.15) is 0 Å². The molecule has 0 spiro atoms. The number of carbonyl (C=O) groups is 1. The Hall–Kier alpha value is -2.15. The zero-order chi connectivity index (χ0) is 17.1. The molecule has 1 aromatic carbocycles. The molecule has 7 heteroatoms. The van der Waals surface area contributed by atoms with E-state index < -0.39 is 0 Å². The lowest BCUT2D eigenvalue weighted by molar-refractivity contribution is -0.129. The molecular formula is C17H23N5OS. The Labute approximate surface area is 146 Å². The fraction of sp³-hybridized carbons (Fsp3) is 0.471. The van der Waals surface area contributed by atoms with Gasteiger partial charge in [-0.3, -0.25) is 4.79 Å². The van der Waals surface area contributed by atoms with Crippen LogP contribution in [0.2, 0.25) is 0 Å². The number of aromatic nitrogens is 2. The summed E-state index contributed by atoms with van der Waals surface area (Å²) < 4.78 is 4.01. The number of amides is 1. The van der Waals surface area contributed by atoms with E-state index in [9.17, 15) is 4.79 Å². The molecule has 1 aliphatic rings. The summed E-state index contributed by atoms with van der Waals surface area (Å²) in [5.74, 6) is 0.160. The second-order valence-corrected chi connectivity index (χ2v) is 6.92. The number of rotatable bonds is 4. The molecule has 2 aromatic rings. The SMILES string of the molecule is CC(=O)N1CCN(c2cccc(NC(C)c3snnc3C)c2)CC1. The van der Waals surface area contributed by atoms with Gasteiger partial charge in [-0.05, 0) is 43.6 Å². The molecule has 0 aliphatic carbocycles. The van der Waals surface area contributed by atoms with Crippen LogP contribution in [0.1, 0.15) is 30.5 Å². The maximum Gasteiger partial charge on any atom is 0.219 e. The highest BCUT2D eigenvalue weighted by Gasteiger charge is 2.19. The lowest BCUT2D eigenvalue weighted by Gasteiger charge is -2.35. The maximum atomic E-state index is 11.4. The highest BCUT2D eigenvalue weighted by Crippen LogP contribution is 2.26. The molecule has 1 unspecified atom stereocenters. The number of aryl methyl sites for hydroxylation is 1. The van der Waals surface area contributed by atoms with Gasteiger partial charge in [0.05, 0.1) is 16.6 Å². The number of hydrogen-bond acceptors (Lipinski definition) is 6. The summed E-state index contributed by atoms with van der Waals surface area (Å²) in [7, 11) is 0. The van der Waals surface area contributed by atoms with Crippen LogP contribution >= 0.6 is 11.5 Å². The van der Waals surface area contributed by atoms with E-state index in [4.69, 9.17) is 0 Å². The van der Waals surface area contributed by atoms with E-state index in [0.29, 0.717) is 0 Å². The second kappa shape index (κ2) is 7.17. The third kappa shape index (κ3) is 3.67. The van der Waals surface area contributed by atoms with Crippen molar-refractivity contribution in [2.45, 2.75) is 26.8 Å². The number of piperazine rings is 1. The first-order valence-electron chi connectivity index (χ1n) is 8.20. The molecule has 1 fully saturated rings. The summed E-state index contributed by atoms with van der Waals surface area (Å²) in [5, 5.41) is 7.61. The molecular weight excluding hydrogens is 322 g/mol. The van der Waals surface area contributed by atoms with Crippen LogP contribution in [0.5, 0.6) is 0 Å². The number of benzene rings is 1. The van der Waals surface area contributed by atoms with Crippen LogP contribution < -0.4 is 10.2 Å². The van der Waals surface area contributed by atoms with E-state index in [-0.39, 0.29) is 11.9 Å². The lowest BCUT2D eigenvalue weighted by atomic mass is 10.2. The minimum absolute atomic E-state index is 0.160. The minimum atomic E-state index is 0.160. The Balaban J connectivity index is 1.66. The highest BCUT2D eigenvalue weighted by atomic mass is 32.1. The van der Waals surface area contributed by atoms with Crippen LogP contribution in [0.25, 0.3) is 0 Å². The summed E-state index contributed by atoms with van der Waals surface area (Å²) in [5.41, 5.74) is 3.26. The first-order valence-corrected chi connectivity index (χ1v) is 8.98. The normalized spacial score (nSPS) is 16.1. The van der Waals surface area contributed by atoms with E-state index in [1.807, 2.05) is 11.8 Å². The third-order valence-electron chi connectivity index (χ3n) is 4.40. The molecule has 0 saturated carbocycles. The molecule has 6 nitrogen and oxygen atoms in total. The van der Waals surface area contributed by atoms with Crippen LogP contribution in [-0.4, -0.2) is 46.6 Å². The number of anilines is 2. The molecule has 1 saturated heterocycles. The predicted octanol–water partition coefficient (Wildman–Crippen LogP) is 2.69. The lowest BCUT2D eigenvalue weighted by Crippen LogP contribution is -2.48. The van der Waals surface area contributed by atoms with Crippen molar-refractivity contribution in [3.8, 4) is 0 Å². The van der Waals surface area contributed by atoms with Gasteiger partial charge in [-0.25, -0.2) is 0 Å². The van der Waals surface area contributed by atoms with Crippen LogP contribution in [0.15, 0.2) is 24.3 Å². The third-order valence-corrected chi connectivity index (χ3v) is 5.41. The Morgan fingerprint density at radius 1 is 1.29 bits per heavy atom. The monoisotopic (exact) mass is 345 g/mol. The fourth-order valence-corrected chi connectivity index (χ4v) is 3.66. The Morgan fingerprint density at radius 2 is 2.04 bits per heavy atom. The molecule has 0 bridgehead atoms. The van der Waals surface area contributed by atoms with Gasteiger partial charge in [-0.1, -0.05) is 10.6 Å². The number of hydrogen-bond donors (Lipinski definition) is 1. The Kier molecular flexibility index (Phi) is 4.99. The summed E-state index contributed by atoms with van der Waals surface area (Å²) >= 11 is 1.44. The van der Waals surface area contributed by atoms with E-state index in [2.05, 4.69) is 51.0 Å². The summed E-state index contributed by atoms with van der Waals surface area (Å²) in [4.78, 5) is 16.8. The molecule has 128 valence electrons. The zero-order valence-corrected chi connectivity index (χ0v) is 15.1. The molecule has 1 atom stereocenters. The summed E-state index contributed by atoms with van der Waals surface area (Å²) in [6.07, 6.45) is 0. The number of carbonyl (C=O) groups excluding carboxylic acids is 1. The average Bonchev–Trinajstić information content (AvgIpc) is 3.01. The van der Waals surface area contributed by atoms with Gasteiger partial charge in [0.15, 0.2) is 0 Å². The zero-order valence-electron chi connectivity index (χ0n) is 14.3. The largest absolute Gasteiger partial charge is 0.378 e. The maximum absolute atomic E-state index is 11.4. The van der Waals surface area contributed by atoms with Gasteiger partial charge in [-0.15, -0.1) is 5.10 Å². The van der Waals surface area contributed by atoms with Crippen molar-refractivity contribution in [2.75, 3.05) is 36.4 Å². The van der Waals surface area contributed by atoms with Crippen molar-refractivity contribution in [1.82, 2.24) is 14.5 Å². The molecule has 0 radical (unpaired) electrons. The summed E-state index contributed by atoms with van der Waals surface area (Å²) in [6, 6.07) is 8.62. The van der Waals surface area contributed by atoms with Crippen molar-refractivity contribution in [1.29, 1.82) is 0 Å². The second-order valence-electron chi connectivity index (χ2n) is 6.13. The molecule has 3 rings (SSSR count). The average molecular weight is 345 g/mol. The van der Waals surface area contributed by atoms with Crippen LogP contribution in [0.4, 0.5) is 11.4 Å². The van der Waals surface area contributed by atoms with Gasteiger partial charge in [0, 0.05) is 44.5 Å². The molecule has 1 aliphatic heterocycles. The van der Waals surface area contributed by atoms with Crippen molar-refractivity contribution in [3.05, 3.63) is 34.8 Å². The van der Waals surface area contributed by atoms with Crippen LogP contribution in [0, 0.1) is 6.92 Å². The van der Waals surface area contributed by atoms with Crippen molar-refractivity contribution in [2.24, 2.45) is 0 Å². The standard InChI is InChI=1S/C17H23N5OS/c1-12(17-13(2)19-20-24-17)18-15-5-4-6-16(11-15)22-9-7-21(8-10-22)14(3)23/h4-6,11-12,18H,7-10H2,1-3H3. The van der Waals surface area contributed by atoms with Crippen molar-refractivity contribution in [3.63, 3.8) is 0 Å². The van der Waals surface area contributed by atoms with E-state index >= 15 is 0 Å². The van der Waals surface area contributed by atoms with Gasteiger partial charge in [-0.2, -0.15) is 0 Å². The van der Waals surface area contributed by atoms with Crippen LogP contribution in [0.3, 0.4) is 0 Å². The van der Waals surface area contributed by atoms with Gasteiger partial charge >= 0.3 is 0 Å².